The summed E-state index contributed by atoms with van der Waals surface area (Å²) in [6, 6.07) is 3.49. The Morgan fingerprint density at radius 2 is 2.26 bits per heavy atom. The van der Waals surface area contributed by atoms with Crippen LogP contribution in [0, 0.1) is 0 Å². The molecule has 0 saturated heterocycles. The summed E-state index contributed by atoms with van der Waals surface area (Å²) in [5.74, 6) is 0.547. The molecule has 2 unspecified atom stereocenters. The molecule has 2 atom stereocenters. The fraction of sp³-hybridized carbons (Fsp3) is 0.545. The molecule has 0 fully saturated rings. The Labute approximate surface area is 121 Å². The van der Waals surface area contributed by atoms with Gasteiger partial charge in [0.05, 0.1) is 6.61 Å². The molecule has 0 aliphatic rings. The Bertz CT molecular complexity index is 445. The second-order valence-corrected chi connectivity index (χ2v) is 5.62. The molecule has 0 N–H and O–H groups in total. The highest BCUT2D eigenvalue weighted by Gasteiger charge is 2.29. The predicted octanol–water partition coefficient (Wildman–Crippen LogP) is 3.68. The number of rotatable bonds is 8. The third kappa shape index (κ3) is 4.85. The van der Waals surface area contributed by atoms with Gasteiger partial charge in [0.25, 0.3) is 0 Å². The van der Waals surface area contributed by atoms with E-state index in [-0.39, 0.29) is 6.61 Å². The molecule has 19 heavy (non-hydrogen) atoms. The quantitative estimate of drug-likeness (QED) is 0.524. The molecule has 1 aromatic rings. The lowest BCUT2D eigenvalue weighted by atomic mass is 10.2. The minimum absolute atomic E-state index is 0.227. The normalized spacial score (nSPS) is 15.8. The molecule has 0 spiro atoms. The van der Waals surface area contributed by atoms with Gasteiger partial charge < -0.3 is 4.74 Å². The van der Waals surface area contributed by atoms with Gasteiger partial charge in [0.2, 0.25) is 0 Å². The van der Waals surface area contributed by atoms with Gasteiger partial charge in [-0.05, 0) is 41.9 Å². The lowest BCUT2D eigenvalue weighted by Gasteiger charge is -2.20. The lowest BCUT2D eigenvalue weighted by molar-refractivity contribution is 0.0988. The molecule has 6 nitrogen and oxygen atoms in total. The number of phosphoric ester groups is 1. The van der Waals surface area contributed by atoms with E-state index in [0.29, 0.717) is 17.0 Å². The van der Waals surface area contributed by atoms with E-state index in [4.69, 9.17) is 18.3 Å². The van der Waals surface area contributed by atoms with E-state index in [9.17, 15) is 4.57 Å². The van der Waals surface area contributed by atoms with E-state index >= 15 is 0 Å². The van der Waals surface area contributed by atoms with Crippen LogP contribution in [0.2, 0.25) is 0 Å². The zero-order chi connectivity index (χ0) is 14.3. The summed E-state index contributed by atoms with van der Waals surface area (Å²) in [5, 5.41) is 0. The minimum atomic E-state index is -3.57. The van der Waals surface area contributed by atoms with Crippen LogP contribution in [0.15, 0.2) is 18.3 Å². The first-order chi connectivity index (χ1) is 9.06. The first-order valence-corrected chi connectivity index (χ1v) is 8.27. The number of alkyl halides is 1. The van der Waals surface area contributed by atoms with E-state index in [1.165, 1.54) is 7.11 Å². The average molecular weight is 354 g/mol. The molecule has 0 saturated carbocycles. The third-order valence-corrected chi connectivity index (χ3v) is 4.02. The first kappa shape index (κ1) is 16.6. The van der Waals surface area contributed by atoms with Gasteiger partial charge in [0, 0.05) is 13.3 Å². The van der Waals surface area contributed by atoms with Crippen LogP contribution in [0.4, 0.5) is 0 Å². The highest BCUT2D eigenvalue weighted by molar-refractivity contribution is 9.09. The van der Waals surface area contributed by atoms with E-state index in [1.54, 1.807) is 32.2 Å². The van der Waals surface area contributed by atoms with Crippen LogP contribution in [0.3, 0.4) is 0 Å². The van der Waals surface area contributed by atoms with Crippen molar-refractivity contribution in [3.63, 3.8) is 0 Å². The maximum Gasteiger partial charge on any atom is 0.475 e. The molecular formula is C11H17BrNO5P. The molecule has 0 aliphatic carbocycles. The van der Waals surface area contributed by atoms with Gasteiger partial charge in [-0.1, -0.05) is 0 Å². The summed E-state index contributed by atoms with van der Waals surface area (Å²) in [6.07, 6.45) is 1.02. The molecule has 1 rings (SSSR count). The number of phosphoric acid groups is 1. The molecule has 1 heterocycles. The van der Waals surface area contributed by atoms with Crippen molar-refractivity contribution < 1.29 is 22.9 Å². The van der Waals surface area contributed by atoms with Gasteiger partial charge in [-0.15, -0.1) is 0 Å². The fourth-order valence-corrected chi connectivity index (χ4v) is 2.72. The smallest absolute Gasteiger partial charge is 0.475 e. The molecule has 8 heteroatoms. The lowest BCUT2D eigenvalue weighted by Crippen LogP contribution is -2.06. The van der Waals surface area contributed by atoms with Gasteiger partial charge in [-0.25, -0.2) is 4.57 Å². The van der Waals surface area contributed by atoms with Crippen LogP contribution in [-0.4, -0.2) is 24.2 Å². The predicted molar refractivity (Wildman–Crippen MR) is 74.4 cm³/mol. The molecule has 0 aromatic carbocycles. The molecule has 108 valence electrons. The fourth-order valence-electron chi connectivity index (χ4n) is 1.42. The van der Waals surface area contributed by atoms with E-state index < -0.39 is 13.9 Å². The van der Waals surface area contributed by atoms with Crippen LogP contribution in [0.25, 0.3) is 0 Å². The van der Waals surface area contributed by atoms with E-state index in [0.717, 1.165) is 0 Å². The summed E-state index contributed by atoms with van der Waals surface area (Å²) < 4.78 is 32.6. The molecule has 0 bridgehead atoms. The van der Waals surface area contributed by atoms with Crippen molar-refractivity contribution in [1.29, 1.82) is 0 Å². The van der Waals surface area contributed by atoms with Crippen LogP contribution >= 0.6 is 23.8 Å². The Hall–Kier alpha value is -0.460. The van der Waals surface area contributed by atoms with Gasteiger partial charge in [-0.2, -0.15) is 0 Å². The summed E-state index contributed by atoms with van der Waals surface area (Å²) in [5.41, 5.74) is 0.852. The van der Waals surface area contributed by atoms with Gasteiger partial charge >= 0.3 is 7.82 Å². The summed E-state index contributed by atoms with van der Waals surface area (Å²) in [7, 11) is -2.29. The van der Waals surface area contributed by atoms with Crippen molar-refractivity contribution in [1.82, 2.24) is 4.98 Å². The minimum Gasteiger partial charge on any atom is -0.480 e. The number of ether oxygens (including phenoxy) is 1. The Kier molecular flexibility index (Phi) is 6.96. The monoisotopic (exact) mass is 353 g/mol. The van der Waals surface area contributed by atoms with E-state index in [2.05, 4.69) is 20.9 Å². The van der Waals surface area contributed by atoms with Crippen LogP contribution < -0.4 is 4.74 Å². The summed E-state index contributed by atoms with van der Waals surface area (Å²) in [6.45, 7) is 3.64. The second-order valence-electron chi connectivity index (χ2n) is 3.44. The number of halogens is 1. The number of nitrogens with zero attached hydrogens (tertiary/aromatic N) is 1. The SMILES string of the molecule is CCOP(=O)(OC)OC(C)c1ncccc1OCBr. The molecule has 0 aliphatic heterocycles. The van der Waals surface area contributed by atoms with Gasteiger partial charge in [0.1, 0.15) is 23.1 Å². The number of aromatic nitrogens is 1. The van der Waals surface area contributed by atoms with Crippen LogP contribution in [0.1, 0.15) is 25.6 Å². The Morgan fingerprint density at radius 3 is 2.84 bits per heavy atom. The second kappa shape index (κ2) is 7.97. The van der Waals surface area contributed by atoms with Crippen molar-refractivity contribution in [2.75, 3.05) is 19.2 Å². The van der Waals surface area contributed by atoms with E-state index in [1.807, 2.05) is 0 Å². The topological polar surface area (TPSA) is 66.9 Å². The first-order valence-electron chi connectivity index (χ1n) is 5.68. The van der Waals surface area contributed by atoms with Crippen molar-refractivity contribution in [2.45, 2.75) is 20.0 Å². The highest BCUT2D eigenvalue weighted by atomic mass is 79.9. The summed E-state index contributed by atoms with van der Waals surface area (Å²) in [4.78, 5) is 4.17. The maximum absolute atomic E-state index is 12.1. The van der Waals surface area contributed by atoms with Crippen LogP contribution in [-0.2, 0) is 18.1 Å². The zero-order valence-electron chi connectivity index (χ0n) is 11.0. The standard InChI is InChI=1S/C11H17BrNO5P/c1-4-17-19(14,15-3)18-9(2)11-10(16-8-12)6-5-7-13-11/h5-7,9H,4,8H2,1-3H3. The largest absolute Gasteiger partial charge is 0.480 e. The Morgan fingerprint density at radius 1 is 1.53 bits per heavy atom. The molecule has 0 amide bonds. The average Bonchev–Trinajstić information content (AvgIpc) is 2.40. The van der Waals surface area contributed by atoms with Gasteiger partial charge in [-0.3, -0.25) is 18.6 Å². The van der Waals surface area contributed by atoms with Crippen molar-refractivity contribution in [3.8, 4) is 5.75 Å². The number of hydrogen-bond acceptors (Lipinski definition) is 6. The highest BCUT2D eigenvalue weighted by Crippen LogP contribution is 2.52. The number of hydrogen-bond donors (Lipinski definition) is 0. The molecule has 0 radical (unpaired) electrons. The van der Waals surface area contributed by atoms with Crippen molar-refractivity contribution in [3.05, 3.63) is 24.0 Å². The molecule has 1 aromatic heterocycles. The molecular weight excluding hydrogens is 337 g/mol. The maximum atomic E-state index is 12.1. The number of pyridine rings is 1. The van der Waals surface area contributed by atoms with Crippen LogP contribution in [0.5, 0.6) is 5.75 Å². The Balaban J connectivity index is 2.88. The van der Waals surface area contributed by atoms with Crippen molar-refractivity contribution >= 4 is 23.8 Å². The third-order valence-electron chi connectivity index (χ3n) is 2.19. The van der Waals surface area contributed by atoms with Gasteiger partial charge in [0.15, 0.2) is 0 Å². The van der Waals surface area contributed by atoms with Crippen molar-refractivity contribution in [2.24, 2.45) is 0 Å². The summed E-state index contributed by atoms with van der Waals surface area (Å²) >= 11 is 3.17. The zero-order valence-corrected chi connectivity index (χ0v) is 13.5.